The molecule has 0 saturated carbocycles. The van der Waals surface area contributed by atoms with Crippen LogP contribution in [0.4, 0.5) is 0 Å². The van der Waals surface area contributed by atoms with Crippen LogP contribution in [-0.2, 0) is 27.2 Å². The SMILES string of the molecule is COc1cccc(CN(C)C(=O)COC(=O)c2ccc3c(c2)CC(c2ccccc2)OC3=O)c1. The summed E-state index contributed by atoms with van der Waals surface area (Å²) in [6, 6.07) is 21.6. The number of hydrogen-bond donors (Lipinski definition) is 0. The average molecular weight is 459 g/mol. The minimum absolute atomic E-state index is 0.281. The molecule has 7 nitrogen and oxygen atoms in total. The van der Waals surface area contributed by atoms with Crippen molar-refractivity contribution < 1.29 is 28.6 Å². The Morgan fingerprint density at radius 3 is 2.59 bits per heavy atom. The molecule has 0 fully saturated rings. The van der Waals surface area contributed by atoms with Gasteiger partial charge in [-0.05, 0) is 47.0 Å². The number of carbonyl (C=O) groups excluding carboxylic acids is 3. The van der Waals surface area contributed by atoms with Crippen molar-refractivity contribution in [1.82, 2.24) is 4.90 Å². The van der Waals surface area contributed by atoms with Gasteiger partial charge in [-0.25, -0.2) is 9.59 Å². The molecule has 7 heteroatoms. The molecule has 3 aromatic rings. The molecule has 1 unspecified atom stereocenters. The van der Waals surface area contributed by atoms with Gasteiger partial charge in [0.05, 0.1) is 18.2 Å². The lowest BCUT2D eigenvalue weighted by Crippen LogP contribution is -2.31. The fourth-order valence-electron chi connectivity index (χ4n) is 3.83. The number of fused-ring (bicyclic) bond motifs is 1. The highest BCUT2D eigenvalue weighted by Gasteiger charge is 2.28. The van der Waals surface area contributed by atoms with Gasteiger partial charge in [0.15, 0.2) is 6.61 Å². The number of amides is 1. The number of likely N-dealkylation sites (N-methyl/N-ethyl adjacent to an activating group) is 1. The van der Waals surface area contributed by atoms with Crippen LogP contribution >= 0.6 is 0 Å². The van der Waals surface area contributed by atoms with E-state index in [9.17, 15) is 14.4 Å². The minimum atomic E-state index is -0.624. The van der Waals surface area contributed by atoms with Crippen LogP contribution in [-0.4, -0.2) is 43.5 Å². The smallest absolute Gasteiger partial charge is 0.339 e. The average Bonchev–Trinajstić information content (AvgIpc) is 2.87. The zero-order chi connectivity index (χ0) is 24.1. The van der Waals surface area contributed by atoms with Crippen molar-refractivity contribution in [3.05, 3.63) is 101 Å². The number of ether oxygens (including phenoxy) is 3. The molecule has 1 heterocycles. The molecular weight excluding hydrogens is 434 g/mol. The molecule has 1 aliphatic heterocycles. The van der Waals surface area contributed by atoms with Gasteiger partial charge in [0.2, 0.25) is 0 Å². The third kappa shape index (κ3) is 5.26. The Morgan fingerprint density at radius 1 is 1.03 bits per heavy atom. The number of methoxy groups -OCH3 is 1. The highest BCUT2D eigenvalue weighted by molar-refractivity contribution is 5.96. The highest BCUT2D eigenvalue weighted by atomic mass is 16.5. The third-order valence-electron chi connectivity index (χ3n) is 5.69. The van der Waals surface area contributed by atoms with Crippen molar-refractivity contribution in [3.8, 4) is 5.75 Å². The van der Waals surface area contributed by atoms with Crippen molar-refractivity contribution >= 4 is 17.8 Å². The Kier molecular flexibility index (Phi) is 6.92. The van der Waals surface area contributed by atoms with Crippen molar-refractivity contribution in [3.63, 3.8) is 0 Å². The fraction of sp³-hybridized carbons (Fsp3) is 0.222. The van der Waals surface area contributed by atoms with Gasteiger partial charge in [0, 0.05) is 20.0 Å². The van der Waals surface area contributed by atoms with Crippen LogP contribution in [0.15, 0.2) is 72.8 Å². The standard InChI is InChI=1S/C27H25NO6/c1-28(16-18-7-6-10-22(13-18)32-2)25(29)17-33-26(30)20-11-12-23-21(14-20)15-24(34-27(23)31)19-8-4-3-5-9-19/h3-14,24H,15-17H2,1-2H3. The maximum Gasteiger partial charge on any atom is 0.339 e. The first-order valence-electron chi connectivity index (χ1n) is 10.9. The summed E-state index contributed by atoms with van der Waals surface area (Å²) >= 11 is 0. The molecule has 0 bridgehead atoms. The minimum Gasteiger partial charge on any atom is -0.497 e. The zero-order valence-electron chi connectivity index (χ0n) is 19.0. The third-order valence-corrected chi connectivity index (χ3v) is 5.69. The fourth-order valence-corrected chi connectivity index (χ4v) is 3.83. The van der Waals surface area contributed by atoms with Crippen LogP contribution in [0.3, 0.4) is 0 Å². The summed E-state index contributed by atoms with van der Waals surface area (Å²) in [5.41, 5.74) is 3.21. The number of hydrogen-bond acceptors (Lipinski definition) is 6. The molecule has 0 saturated heterocycles. The lowest BCUT2D eigenvalue weighted by atomic mass is 9.93. The van der Waals surface area contributed by atoms with Gasteiger partial charge in [0.1, 0.15) is 11.9 Å². The second-order valence-corrected chi connectivity index (χ2v) is 8.06. The van der Waals surface area contributed by atoms with Crippen LogP contribution in [0.2, 0.25) is 0 Å². The first-order valence-corrected chi connectivity index (χ1v) is 10.9. The van der Waals surface area contributed by atoms with Crippen molar-refractivity contribution in [2.45, 2.75) is 19.1 Å². The Balaban J connectivity index is 1.38. The van der Waals surface area contributed by atoms with Gasteiger partial charge in [-0.15, -0.1) is 0 Å². The number of benzene rings is 3. The molecular formula is C27H25NO6. The Bertz CT molecular complexity index is 1210. The van der Waals surface area contributed by atoms with E-state index >= 15 is 0 Å². The van der Waals surface area contributed by atoms with Crippen molar-refractivity contribution in [2.24, 2.45) is 0 Å². The summed E-state index contributed by atoms with van der Waals surface area (Å²) in [6.07, 6.45) is 0.0355. The predicted molar refractivity (Wildman–Crippen MR) is 124 cm³/mol. The summed E-state index contributed by atoms with van der Waals surface area (Å²) in [5, 5.41) is 0. The van der Waals surface area contributed by atoms with Gasteiger partial charge in [-0.1, -0.05) is 42.5 Å². The van der Waals surface area contributed by atoms with Crippen LogP contribution in [0.1, 0.15) is 43.5 Å². The van der Waals surface area contributed by atoms with Crippen LogP contribution in [0.25, 0.3) is 0 Å². The van der Waals surface area contributed by atoms with E-state index in [0.717, 1.165) is 11.1 Å². The molecule has 34 heavy (non-hydrogen) atoms. The molecule has 0 spiro atoms. The van der Waals surface area contributed by atoms with E-state index in [1.165, 1.54) is 11.0 Å². The molecule has 3 aromatic carbocycles. The van der Waals surface area contributed by atoms with Crippen LogP contribution < -0.4 is 4.74 Å². The lowest BCUT2D eigenvalue weighted by Gasteiger charge is -2.25. The molecule has 1 atom stereocenters. The lowest BCUT2D eigenvalue weighted by molar-refractivity contribution is -0.133. The van der Waals surface area contributed by atoms with Gasteiger partial charge < -0.3 is 19.1 Å². The van der Waals surface area contributed by atoms with Gasteiger partial charge in [-0.3, -0.25) is 4.79 Å². The number of carbonyl (C=O) groups is 3. The van der Waals surface area contributed by atoms with E-state index in [-0.39, 0.29) is 18.1 Å². The molecule has 0 radical (unpaired) electrons. The summed E-state index contributed by atoms with van der Waals surface area (Å²) < 4.78 is 16.0. The van der Waals surface area contributed by atoms with Gasteiger partial charge >= 0.3 is 11.9 Å². The Hall–Kier alpha value is -4.13. The highest BCUT2D eigenvalue weighted by Crippen LogP contribution is 2.31. The summed E-state index contributed by atoms with van der Waals surface area (Å²) in [7, 11) is 3.22. The van der Waals surface area contributed by atoms with Crippen LogP contribution in [0, 0.1) is 0 Å². The van der Waals surface area contributed by atoms with Crippen LogP contribution in [0.5, 0.6) is 5.75 Å². The summed E-state index contributed by atoms with van der Waals surface area (Å²) in [5.74, 6) is -0.678. The summed E-state index contributed by atoms with van der Waals surface area (Å²) in [4.78, 5) is 39.0. The normalized spacial score (nSPS) is 14.5. The largest absolute Gasteiger partial charge is 0.497 e. The maximum absolute atomic E-state index is 12.6. The number of nitrogens with zero attached hydrogens (tertiary/aromatic N) is 1. The first-order chi connectivity index (χ1) is 16.4. The topological polar surface area (TPSA) is 82.1 Å². The van der Waals surface area contributed by atoms with E-state index in [4.69, 9.17) is 14.2 Å². The van der Waals surface area contributed by atoms with Gasteiger partial charge in [-0.2, -0.15) is 0 Å². The molecule has 1 amide bonds. The molecule has 1 aliphatic rings. The van der Waals surface area contributed by atoms with Gasteiger partial charge in [0.25, 0.3) is 5.91 Å². The van der Waals surface area contributed by atoms with E-state index in [1.807, 2.05) is 54.6 Å². The number of rotatable bonds is 7. The van der Waals surface area contributed by atoms with Crippen molar-refractivity contribution in [2.75, 3.05) is 20.8 Å². The monoisotopic (exact) mass is 459 g/mol. The molecule has 0 N–H and O–H groups in total. The first kappa shape index (κ1) is 23.0. The predicted octanol–water partition coefficient (Wildman–Crippen LogP) is 3.96. The second-order valence-electron chi connectivity index (χ2n) is 8.06. The Morgan fingerprint density at radius 2 is 1.82 bits per heavy atom. The van der Waals surface area contributed by atoms with E-state index < -0.39 is 18.0 Å². The quantitative estimate of drug-likeness (QED) is 0.498. The van der Waals surface area contributed by atoms with E-state index in [1.54, 1.807) is 26.3 Å². The molecule has 0 aromatic heterocycles. The number of esters is 2. The second kappa shape index (κ2) is 10.2. The van der Waals surface area contributed by atoms with E-state index in [2.05, 4.69) is 0 Å². The van der Waals surface area contributed by atoms with E-state index in [0.29, 0.717) is 29.8 Å². The molecule has 0 aliphatic carbocycles. The molecule has 4 rings (SSSR count). The zero-order valence-corrected chi connectivity index (χ0v) is 19.0. The number of cyclic esters (lactones) is 1. The maximum atomic E-state index is 12.6. The van der Waals surface area contributed by atoms with Crippen molar-refractivity contribution in [1.29, 1.82) is 0 Å². The Labute approximate surface area is 197 Å². The summed E-state index contributed by atoms with van der Waals surface area (Å²) in [6.45, 7) is -0.0273. The molecule has 174 valence electrons.